The lowest BCUT2D eigenvalue weighted by Crippen LogP contribution is -2.35. The van der Waals surface area contributed by atoms with Gasteiger partial charge in [-0.1, -0.05) is 0 Å². The van der Waals surface area contributed by atoms with Crippen LogP contribution in [0, 0.1) is 0 Å². The summed E-state index contributed by atoms with van der Waals surface area (Å²) < 4.78 is 13.4. The average Bonchev–Trinajstić information content (AvgIpc) is 2.05. The summed E-state index contributed by atoms with van der Waals surface area (Å²) in [5, 5.41) is 0. The van der Waals surface area contributed by atoms with Crippen molar-refractivity contribution < 1.29 is 4.39 Å². The van der Waals surface area contributed by atoms with Gasteiger partial charge in [0.25, 0.3) is 0 Å². The molecular formula is C9H18FN. The van der Waals surface area contributed by atoms with Gasteiger partial charge in [-0.05, 0) is 34.1 Å². The zero-order valence-electron chi connectivity index (χ0n) is 7.89. The number of halogens is 1. The SMILES string of the molecule is CC(C)N1C[C@@](C)(F)CC1C. The summed E-state index contributed by atoms with van der Waals surface area (Å²) in [6, 6.07) is 0.882. The quantitative estimate of drug-likeness (QED) is 0.567. The molecule has 0 aliphatic carbocycles. The first kappa shape index (κ1) is 8.98. The molecule has 2 atom stereocenters. The lowest BCUT2D eigenvalue weighted by molar-refractivity contribution is 0.166. The largest absolute Gasteiger partial charge is 0.295 e. The van der Waals surface area contributed by atoms with E-state index in [4.69, 9.17) is 0 Å². The molecule has 1 rings (SSSR count). The molecule has 0 N–H and O–H groups in total. The summed E-state index contributed by atoms with van der Waals surface area (Å²) >= 11 is 0. The fraction of sp³-hybridized carbons (Fsp3) is 1.00. The molecule has 1 fully saturated rings. The van der Waals surface area contributed by atoms with Gasteiger partial charge in [0.1, 0.15) is 5.67 Å². The summed E-state index contributed by atoms with van der Waals surface area (Å²) in [6.45, 7) is 8.65. The van der Waals surface area contributed by atoms with E-state index in [1.807, 2.05) is 0 Å². The molecule has 2 heteroatoms. The molecule has 66 valence electrons. The topological polar surface area (TPSA) is 3.24 Å². The molecule has 0 bridgehead atoms. The van der Waals surface area contributed by atoms with Crippen molar-refractivity contribution in [2.75, 3.05) is 6.54 Å². The average molecular weight is 159 g/mol. The maximum Gasteiger partial charge on any atom is 0.122 e. The Balaban J connectivity index is 2.59. The molecular weight excluding hydrogens is 141 g/mol. The van der Waals surface area contributed by atoms with E-state index in [2.05, 4.69) is 25.7 Å². The van der Waals surface area contributed by atoms with Gasteiger partial charge in [0, 0.05) is 18.6 Å². The third kappa shape index (κ3) is 1.92. The Bertz CT molecular complexity index is 142. The number of nitrogens with zero attached hydrogens (tertiary/aromatic N) is 1. The smallest absolute Gasteiger partial charge is 0.122 e. The summed E-state index contributed by atoms with van der Waals surface area (Å²) in [6.07, 6.45) is 0.686. The molecule has 0 aromatic heterocycles. The summed E-state index contributed by atoms with van der Waals surface area (Å²) in [5.41, 5.74) is -0.955. The van der Waals surface area contributed by atoms with Crippen LogP contribution in [0.1, 0.15) is 34.1 Å². The van der Waals surface area contributed by atoms with Gasteiger partial charge in [-0.2, -0.15) is 0 Å². The van der Waals surface area contributed by atoms with Crippen molar-refractivity contribution in [1.82, 2.24) is 4.90 Å². The third-order valence-electron chi connectivity index (χ3n) is 2.46. The van der Waals surface area contributed by atoms with Crippen LogP contribution in [-0.4, -0.2) is 29.2 Å². The van der Waals surface area contributed by atoms with Crippen molar-refractivity contribution >= 4 is 0 Å². The van der Waals surface area contributed by atoms with Crippen LogP contribution in [0.15, 0.2) is 0 Å². The maximum absolute atomic E-state index is 13.4. The van der Waals surface area contributed by atoms with Crippen molar-refractivity contribution in [2.24, 2.45) is 0 Å². The van der Waals surface area contributed by atoms with E-state index >= 15 is 0 Å². The summed E-state index contributed by atoms with van der Waals surface area (Å²) in [4.78, 5) is 2.22. The molecule has 11 heavy (non-hydrogen) atoms. The molecule has 0 amide bonds. The predicted molar refractivity (Wildman–Crippen MR) is 45.4 cm³/mol. The minimum absolute atomic E-state index is 0.407. The second kappa shape index (κ2) is 2.74. The minimum Gasteiger partial charge on any atom is -0.295 e. The summed E-state index contributed by atoms with van der Waals surface area (Å²) in [5.74, 6) is 0. The highest BCUT2D eigenvalue weighted by Crippen LogP contribution is 2.30. The highest BCUT2D eigenvalue weighted by atomic mass is 19.1. The molecule has 0 aromatic carbocycles. The molecule has 1 saturated heterocycles. The van der Waals surface area contributed by atoms with Crippen molar-refractivity contribution in [3.63, 3.8) is 0 Å². The van der Waals surface area contributed by atoms with Crippen LogP contribution < -0.4 is 0 Å². The maximum atomic E-state index is 13.4. The zero-order valence-corrected chi connectivity index (χ0v) is 7.89. The highest BCUT2D eigenvalue weighted by Gasteiger charge is 2.39. The molecule has 0 aromatic rings. The molecule has 1 unspecified atom stereocenters. The van der Waals surface area contributed by atoms with Gasteiger partial charge in [0.2, 0.25) is 0 Å². The lowest BCUT2D eigenvalue weighted by atomic mass is 10.1. The van der Waals surface area contributed by atoms with E-state index in [9.17, 15) is 4.39 Å². The van der Waals surface area contributed by atoms with Crippen molar-refractivity contribution in [2.45, 2.75) is 51.9 Å². The first-order valence-electron chi connectivity index (χ1n) is 4.37. The van der Waals surface area contributed by atoms with Crippen LogP contribution in [-0.2, 0) is 0 Å². The number of rotatable bonds is 1. The number of alkyl halides is 1. The van der Waals surface area contributed by atoms with E-state index in [1.165, 1.54) is 0 Å². The van der Waals surface area contributed by atoms with Crippen LogP contribution >= 0.6 is 0 Å². The van der Waals surface area contributed by atoms with Gasteiger partial charge in [-0.25, -0.2) is 4.39 Å². The first-order valence-corrected chi connectivity index (χ1v) is 4.37. The number of likely N-dealkylation sites (tertiary alicyclic amines) is 1. The van der Waals surface area contributed by atoms with E-state index in [1.54, 1.807) is 6.92 Å². The molecule has 1 nitrogen and oxygen atoms in total. The third-order valence-corrected chi connectivity index (χ3v) is 2.46. The van der Waals surface area contributed by atoms with E-state index < -0.39 is 5.67 Å². The van der Waals surface area contributed by atoms with Crippen LogP contribution in [0.2, 0.25) is 0 Å². The summed E-state index contributed by atoms with van der Waals surface area (Å²) in [7, 11) is 0. The Morgan fingerprint density at radius 3 is 2.27 bits per heavy atom. The molecule has 0 saturated carbocycles. The van der Waals surface area contributed by atoms with E-state index in [0.29, 0.717) is 25.0 Å². The Hall–Kier alpha value is -0.110. The first-order chi connectivity index (χ1) is 4.92. The van der Waals surface area contributed by atoms with Crippen LogP contribution in [0.3, 0.4) is 0 Å². The Morgan fingerprint density at radius 1 is 1.55 bits per heavy atom. The van der Waals surface area contributed by atoms with Crippen molar-refractivity contribution in [1.29, 1.82) is 0 Å². The monoisotopic (exact) mass is 159 g/mol. The molecule has 0 radical (unpaired) electrons. The number of hydrogen-bond acceptors (Lipinski definition) is 1. The lowest BCUT2D eigenvalue weighted by Gasteiger charge is -2.25. The van der Waals surface area contributed by atoms with Gasteiger partial charge >= 0.3 is 0 Å². The van der Waals surface area contributed by atoms with Gasteiger partial charge in [0.15, 0.2) is 0 Å². The van der Waals surface area contributed by atoms with Gasteiger partial charge < -0.3 is 0 Å². The Morgan fingerprint density at radius 2 is 2.09 bits per heavy atom. The van der Waals surface area contributed by atoms with Gasteiger partial charge in [-0.3, -0.25) is 4.90 Å². The van der Waals surface area contributed by atoms with Crippen molar-refractivity contribution in [3.8, 4) is 0 Å². The predicted octanol–water partition coefficient (Wildman–Crippen LogP) is 2.22. The van der Waals surface area contributed by atoms with Gasteiger partial charge in [0.05, 0.1) is 0 Å². The Labute approximate surface area is 68.6 Å². The van der Waals surface area contributed by atoms with Crippen LogP contribution in [0.25, 0.3) is 0 Å². The fourth-order valence-electron chi connectivity index (χ4n) is 2.03. The molecule has 1 aliphatic heterocycles. The van der Waals surface area contributed by atoms with E-state index in [0.717, 1.165) is 0 Å². The van der Waals surface area contributed by atoms with Crippen LogP contribution in [0.5, 0.6) is 0 Å². The second-order valence-corrected chi connectivity index (χ2v) is 4.23. The van der Waals surface area contributed by atoms with E-state index in [-0.39, 0.29) is 0 Å². The van der Waals surface area contributed by atoms with Crippen LogP contribution in [0.4, 0.5) is 4.39 Å². The minimum atomic E-state index is -0.955. The fourth-order valence-corrected chi connectivity index (χ4v) is 2.03. The number of hydrogen-bond donors (Lipinski definition) is 0. The van der Waals surface area contributed by atoms with Crippen molar-refractivity contribution in [3.05, 3.63) is 0 Å². The molecule has 1 heterocycles. The molecule has 0 spiro atoms. The zero-order chi connectivity index (χ0) is 8.65. The Kier molecular flexibility index (Phi) is 2.24. The van der Waals surface area contributed by atoms with Gasteiger partial charge in [-0.15, -0.1) is 0 Å². The highest BCUT2D eigenvalue weighted by molar-refractivity contribution is 4.92. The molecule has 1 aliphatic rings. The second-order valence-electron chi connectivity index (χ2n) is 4.23. The normalized spacial score (nSPS) is 40.4. The standard InChI is InChI=1S/C9H18FN/c1-7(2)11-6-9(4,10)5-8(11)3/h7-8H,5-6H2,1-4H3/t8?,9-/m0/s1.